The van der Waals surface area contributed by atoms with Gasteiger partial charge >= 0.3 is 5.97 Å². The average molecular weight is 351 g/mol. The molecule has 5 nitrogen and oxygen atoms in total. The van der Waals surface area contributed by atoms with Gasteiger partial charge in [0.1, 0.15) is 19.0 Å². The van der Waals surface area contributed by atoms with E-state index in [2.05, 4.69) is 40.7 Å². The molecule has 0 aromatic rings. The molecule has 6 unspecified atom stereocenters. The van der Waals surface area contributed by atoms with Crippen molar-refractivity contribution in [1.82, 2.24) is 0 Å². The van der Waals surface area contributed by atoms with Gasteiger partial charge in [0.05, 0.1) is 17.4 Å². The zero-order valence-corrected chi connectivity index (χ0v) is 16.4. The van der Waals surface area contributed by atoms with Crippen molar-refractivity contribution in [1.29, 1.82) is 5.26 Å². The van der Waals surface area contributed by atoms with Crippen LogP contribution in [0.15, 0.2) is 0 Å². The van der Waals surface area contributed by atoms with Crippen LogP contribution in [0.4, 0.5) is 0 Å². The van der Waals surface area contributed by atoms with E-state index in [4.69, 9.17) is 9.47 Å². The number of rotatable bonds is 6. The fourth-order valence-electron chi connectivity index (χ4n) is 4.64. The minimum absolute atomic E-state index is 0.0472. The van der Waals surface area contributed by atoms with E-state index in [9.17, 15) is 15.2 Å². The summed E-state index contributed by atoms with van der Waals surface area (Å²) in [6.45, 7) is 12.0. The lowest BCUT2D eigenvalue weighted by atomic mass is 9.64. The number of nitriles is 1. The van der Waals surface area contributed by atoms with Crippen LogP contribution in [-0.4, -0.2) is 30.1 Å². The van der Waals surface area contributed by atoms with Gasteiger partial charge in [-0.05, 0) is 37.5 Å². The van der Waals surface area contributed by atoms with Crippen LogP contribution >= 0.6 is 0 Å². The van der Waals surface area contributed by atoms with E-state index in [1.807, 2.05) is 6.92 Å². The number of aliphatic hydroxyl groups excluding tert-OH is 1. The second kappa shape index (κ2) is 7.25. The number of ether oxygens (including phenoxy) is 2. The molecule has 2 aliphatic rings. The third kappa shape index (κ3) is 3.71. The van der Waals surface area contributed by atoms with Crippen LogP contribution in [0.5, 0.6) is 0 Å². The molecule has 1 N–H and O–H groups in total. The highest BCUT2D eigenvalue weighted by Gasteiger charge is 2.57. The molecule has 142 valence electrons. The van der Waals surface area contributed by atoms with Crippen molar-refractivity contribution in [2.45, 2.75) is 73.0 Å². The molecule has 6 atom stereocenters. The first-order chi connectivity index (χ1) is 11.5. The number of fused-ring (bicyclic) bond motifs is 2. The molecule has 0 spiro atoms. The van der Waals surface area contributed by atoms with Crippen LogP contribution < -0.4 is 0 Å². The topological polar surface area (TPSA) is 79.6 Å². The van der Waals surface area contributed by atoms with Crippen LogP contribution in [-0.2, 0) is 14.3 Å². The molecular formula is C20H33NO4. The van der Waals surface area contributed by atoms with E-state index >= 15 is 0 Å². The summed E-state index contributed by atoms with van der Waals surface area (Å²) in [6, 6.07) is 2.34. The van der Waals surface area contributed by atoms with Gasteiger partial charge in [0.15, 0.2) is 0 Å². The molecule has 0 aromatic carbocycles. The predicted molar refractivity (Wildman–Crippen MR) is 94.2 cm³/mol. The third-order valence-corrected chi connectivity index (χ3v) is 6.46. The minimum atomic E-state index is -0.596. The number of hydrogen-bond acceptors (Lipinski definition) is 5. The Morgan fingerprint density at radius 3 is 2.36 bits per heavy atom. The first-order valence-electron chi connectivity index (χ1n) is 9.38. The average Bonchev–Trinajstić information content (AvgIpc) is 3.04. The highest BCUT2D eigenvalue weighted by atomic mass is 16.6. The number of aliphatic hydroxyl groups is 1. The number of esters is 1. The molecule has 0 heterocycles. The Bertz CT molecular complexity index is 533. The van der Waals surface area contributed by atoms with Crippen LogP contribution in [0.3, 0.4) is 0 Å². The van der Waals surface area contributed by atoms with Crippen LogP contribution in [0.1, 0.15) is 60.8 Å². The van der Waals surface area contributed by atoms with Crippen LogP contribution in [0.2, 0.25) is 0 Å². The molecule has 2 bridgehead atoms. The summed E-state index contributed by atoms with van der Waals surface area (Å²) < 4.78 is 11.5. The molecule has 0 saturated heterocycles. The van der Waals surface area contributed by atoms with Crippen molar-refractivity contribution >= 4 is 5.97 Å². The lowest BCUT2D eigenvalue weighted by Gasteiger charge is -2.43. The number of nitrogens with zero attached hydrogens (tertiary/aromatic N) is 1. The van der Waals surface area contributed by atoms with Gasteiger partial charge in [-0.25, -0.2) is 0 Å². The van der Waals surface area contributed by atoms with Crippen LogP contribution in [0.25, 0.3) is 0 Å². The van der Waals surface area contributed by atoms with Gasteiger partial charge in [-0.1, -0.05) is 34.6 Å². The van der Waals surface area contributed by atoms with Gasteiger partial charge < -0.3 is 14.6 Å². The highest BCUT2D eigenvalue weighted by Crippen LogP contribution is 2.52. The Kier molecular flexibility index (Phi) is 5.85. The van der Waals surface area contributed by atoms with Crippen molar-refractivity contribution in [3.05, 3.63) is 0 Å². The van der Waals surface area contributed by atoms with E-state index in [1.54, 1.807) is 0 Å². The standard InChI is InChI=1S/C20H33NO4/c1-12(2)9-20(6,19(3,4)5)18(23)25-16-13-7-14(10-21)15(8-13)17(16)24-11-22/h12-17,22H,7-9,11H2,1-6H3. The summed E-state index contributed by atoms with van der Waals surface area (Å²) in [5.74, 6) is 0.320. The van der Waals surface area contributed by atoms with Gasteiger partial charge in [-0.15, -0.1) is 0 Å². The van der Waals surface area contributed by atoms with E-state index in [0.29, 0.717) is 5.92 Å². The summed E-state index contributed by atoms with van der Waals surface area (Å²) in [4.78, 5) is 13.2. The lowest BCUT2D eigenvalue weighted by molar-refractivity contribution is -0.188. The van der Waals surface area contributed by atoms with Gasteiger partial charge in [-0.2, -0.15) is 5.26 Å². The Morgan fingerprint density at radius 2 is 1.88 bits per heavy atom. The normalized spacial score (nSPS) is 34.0. The summed E-state index contributed by atoms with van der Waals surface area (Å²) in [5, 5.41) is 18.5. The second-order valence-corrected chi connectivity index (χ2v) is 9.44. The number of carbonyl (C=O) groups is 1. The Labute approximate surface area is 151 Å². The van der Waals surface area contributed by atoms with Crippen molar-refractivity contribution < 1.29 is 19.4 Å². The Hall–Kier alpha value is -1.12. The first kappa shape index (κ1) is 20.2. The highest BCUT2D eigenvalue weighted by molar-refractivity contribution is 5.77. The maximum Gasteiger partial charge on any atom is 0.312 e. The van der Waals surface area contributed by atoms with E-state index in [0.717, 1.165) is 19.3 Å². The maximum atomic E-state index is 13.2. The number of carbonyl (C=O) groups excluding carboxylic acids is 1. The summed E-state index contributed by atoms with van der Waals surface area (Å²) in [5.41, 5.74) is -0.824. The predicted octanol–water partition coefficient (Wildman–Crippen LogP) is 3.51. The molecule has 0 radical (unpaired) electrons. The molecule has 25 heavy (non-hydrogen) atoms. The summed E-state index contributed by atoms with van der Waals surface area (Å²) >= 11 is 0. The molecule has 2 aliphatic carbocycles. The monoisotopic (exact) mass is 351 g/mol. The van der Waals surface area contributed by atoms with Crippen molar-refractivity contribution in [2.75, 3.05) is 6.79 Å². The molecule has 5 heteroatoms. The minimum Gasteiger partial charge on any atom is -0.459 e. The SMILES string of the molecule is CC(C)CC(C)(C(=O)OC1C2CC(C#N)C(C2)C1OCO)C(C)(C)C. The number of hydrogen-bond donors (Lipinski definition) is 1. The third-order valence-electron chi connectivity index (χ3n) is 6.46. The van der Waals surface area contributed by atoms with Gasteiger partial charge in [-0.3, -0.25) is 4.79 Å². The lowest BCUT2D eigenvalue weighted by Crippen LogP contribution is -2.48. The largest absolute Gasteiger partial charge is 0.459 e. The first-order valence-corrected chi connectivity index (χ1v) is 9.38. The Balaban J connectivity index is 2.19. The molecular weight excluding hydrogens is 318 g/mol. The molecule has 0 amide bonds. The van der Waals surface area contributed by atoms with Gasteiger partial charge in [0.25, 0.3) is 0 Å². The smallest absolute Gasteiger partial charge is 0.312 e. The molecule has 0 aliphatic heterocycles. The summed E-state index contributed by atoms with van der Waals surface area (Å²) in [7, 11) is 0. The van der Waals surface area contributed by atoms with Crippen LogP contribution in [0, 0.1) is 45.8 Å². The van der Waals surface area contributed by atoms with E-state index in [-0.39, 0.29) is 41.3 Å². The van der Waals surface area contributed by atoms with Gasteiger partial charge in [0.2, 0.25) is 0 Å². The fraction of sp³-hybridized carbons (Fsp3) is 0.900. The zero-order valence-electron chi connectivity index (χ0n) is 16.4. The van der Waals surface area contributed by atoms with E-state index in [1.165, 1.54) is 0 Å². The summed E-state index contributed by atoms with van der Waals surface area (Å²) in [6.07, 6.45) is 1.60. The molecule has 2 rings (SSSR count). The van der Waals surface area contributed by atoms with Crippen molar-refractivity contribution in [3.8, 4) is 6.07 Å². The fourth-order valence-corrected chi connectivity index (χ4v) is 4.64. The molecule has 2 fully saturated rings. The maximum absolute atomic E-state index is 13.2. The van der Waals surface area contributed by atoms with E-state index < -0.39 is 12.2 Å². The molecule has 2 saturated carbocycles. The van der Waals surface area contributed by atoms with Crippen molar-refractivity contribution in [2.24, 2.45) is 34.5 Å². The van der Waals surface area contributed by atoms with Gasteiger partial charge in [0, 0.05) is 11.8 Å². The molecule has 0 aromatic heterocycles. The Morgan fingerprint density at radius 1 is 1.24 bits per heavy atom. The zero-order chi connectivity index (χ0) is 19.0. The quantitative estimate of drug-likeness (QED) is 0.585. The van der Waals surface area contributed by atoms with Crippen molar-refractivity contribution in [3.63, 3.8) is 0 Å². The second-order valence-electron chi connectivity index (χ2n) is 9.44.